The molecular formula is C13H5BrF6. The Morgan fingerprint density at radius 3 is 1.75 bits per heavy atom. The van der Waals surface area contributed by atoms with Crippen molar-refractivity contribution in [3.05, 3.63) is 58.7 Å². The van der Waals surface area contributed by atoms with E-state index in [0.717, 1.165) is 18.2 Å². The van der Waals surface area contributed by atoms with Gasteiger partial charge in [0.2, 0.25) is 5.82 Å². The Labute approximate surface area is 118 Å². The fraction of sp³-hybridized carbons (Fsp3) is 0.0769. The molecule has 2 aromatic rings. The number of hydrogen-bond acceptors (Lipinski definition) is 0. The highest BCUT2D eigenvalue weighted by Crippen LogP contribution is 2.35. The van der Waals surface area contributed by atoms with Crippen LogP contribution in [0.1, 0.15) is 5.56 Å². The van der Waals surface area contributed by atoms with E-state index in [1.54, 1.807) is 0 Å². The summed E-state index contributed by atoms with van der Waals surface area (Å²) in [5.41, 5.74) is -1.74. The summed E-state index contributed by atoms with van der Waals surface area (Å²) in [6.07, 6.45) is 0. The lowest BCUT2D eigenvalue weighted by molar-refractivity contribution is 0.381. The van der Waals surface area contributed by atoms with E-state index in [2.05, 4.69) is 15.9 Å². The second-order valence-electron chi connectivity index (χ2n) is 3.84. The van der Waals surface area contributed by atoms with E-state index in [0.29, 0.717) is 0 Å². The Hall–Kier alpha value is -1.50. The van der Waals surface area contributed by atoms with Crippen LogP contribution in [0.15, 0.2) is 18.2 Å². The summed E-state index contributed by atoms with van der Waals surface area (Å²) in [6.45, 7) is 0. The van der Waals surface area contributed by atoms with Crippen LogP contribution in [-0.4, -0.2) is 0 Å². The van der Waals surface area contributed by atoms with Crippen molar-refractivity contribution < 1.29 is 26.3 Å². The van der Waals surface area contributed by atoms with E-state index in [4.69, 9.17) is 0 Å². The maximum absolute atomic E-state index is 13.7. The van der Waals surface area contributed by atoms with Crippen LogP contribution < -0.4 is 0 Å². The van der Waals surface area contributed by atoms with Crippen LogP contribution in [0.3, 0.4) is 0 Å². The van der Waals surface area contributed by atoms with Gasteiger partial charge in [0.25, 0.3) is 0 Å². The first-order chi connectivity index (χ1) is 9.40. The lowest BCUT2D eigenvalue weighted by Crippen LogP contribution is -2.05. The van der Waals surface area contributed by atoms with Gasteiger partial charge in [-0.1, -0.05) is 28.1 Å². The van der Waals surface area contributed by atoms with Gasteiger partial charge in [0.1, 0.15) is 5.82 Å². The molecule has 0 amide bonds. The quantitative estimate of drug-likeness (QED) is 0.305. The first-order valence-electron chi connectivity index (χ1n) is 5.25. The molecule has 0 radical (unpaired) electrons. The molecule has 0 spiro atoms. The van der Waals surface area contributed by atoms with E-state index in [1.807, 2.05) is 0 Å². The summed E-state index contributed by atoms with van der Waals surface area (Å²) in [5, 5.41) is -0.144. The van der Waals surface area contributed by atoms with Gasteiger partial charge in [0.05, 0.1) is 5.56 Å². The highest BCUT2D eigenvalue weighted by atomic mass is 79.9. The molecular weight excluding hydrogens is 350 g/mol. The van der Waals surface area contributed by atoms with Crippen molar-refractivity contribution >= 4 is 15.9 Å². The Morgan fingerprint density at radius 1 is 0.750 bits per heavy atom. The molecule has 0 saturated carbocycles. The molecule has 0 aliphatic carbocycles. The van der Waals surface area contributed by atoms with Crippen molar-refractivity contribution in [2.75, 3.05) is 0 Å². The van der Waals surface area contributed by atoms with Crippen molar-refractivity contribution in [1.29, 1.82) is 0 Å². The Morgan fingerprint density at radius 2 is 1.25 bits per heavy atom. The molecule has 0 atom stereocenters. The average Bonchev–Trinajstić information content (AvgIpc) is 2.43. The van der Waals surface area contributed by atoms with Crippen LogP contribution in [0.5, 0.6) is 0 Å². The van der Waals surface area contributed by atoms with Crippen LogP contribution in [0.2, 0.25) is 0 Å². The monoisotopic (exact) mass is 354 g/mol. The van der Waals surface area contributed by atoms with Crippen molar-refractivity contribution in [2.45, 2.75) is 5.33 Å². The molecule has 0 nitrogen and oxygen atoms in total. The van der Waals surface area contributed by atoms with Crippen LogP contribution >= 0.6 is 15.9 Å². The predicted molar refractivity (Wildman–Crippen MR) is 64.3 cm³/mol. The van der Waals surface area contributed by atoms with Crippen LogP contribution in [0.4, 0.5) is 26.3 Å². The minimum absolute atomic E-state index is 0.144. The van der Waals surface area contributed by atoms with Crippen LogP contribution in [-0.2, 0) is 5.33 Å². The SMILES string of the molecule is Fc1cccc(-c2c(F)c(F)c(F)c(F)c2F)c1CBr. The Kier molecular flexibility index (Phi) is 4.08. The van der Waals surface area contributed by atoms with Gasteiger partial charge in [-0.15, -0.1) is 0 Å². The molecule has 2 aromatic carbocycles. The summed E-state index contributed by atoms with van der Waals surface area (Å²) in [4.78, 5) is 0. The fourth-order valence-corrected chi connectivity index (χ4v) is 2.34. The molecule has 0 fully saturated rings. The molecule has 0 aromatic heterocycles. The first kappa shape index (κ1) is 14.9. The molecule has 0 unspecified atom stereocenters. The smallest absolute Gasteiger partial charge is 0.200 e. The summed E-state index contributed by atoms with van der Waals surface area (Å²) in [7, 11) is 0. The minimum atomic E-state index is -2.25. The van der Waals surface area contributed by atoms with Gasteiger partial charge in [0.15, 0.2) is 23.3 Å². The van der Waals surface area contributed by atoms with E-state index in [1.165, 1.54) is 0 Å². The highest BCUT2D eigenvalue weighted by molar-refractivity contribution is 9.08. The number of alkyl halides is 1. The van der Waals surface area contributed by atoms with Crippen LogP contribution in [0.25, 0.3) is 11.1 Å². The van der Waals surface area contributed by atoms with Gasteiger partial charge in [-0.3, -0.25) is 0 Å². The second-order valence-corrected chi connectivity index (χ2v) is 4.41. The molecule has 106 valence electrons. The first-order valence-corrected chi connectivity index (χ1v) is 6.37. The minimum Gasteiger partial charge on any atom is -0.207 e. The van der Waals surface area contributed by atoms with E-state index < -0.39 is 46.0 Å². The largest absolute Gasteiger partial charge is 0.207 e. The molecule has 7 heteroatoms. The van der Waals surface area contributed by atoms with Crippen LogP contribution in [0, 0.1) is 34.9 Å². The molecule has 0 aliphatic heterocycles. The Balaban J connectivity index is 2.87. The predicted octanol–water partition coefficient (Wildman–Crippen LogP) is 5.08. The third-order valence-corrected chi connectivity index (χ3v) is 3.29. The molecule has 0 heterocycles. The van der Waals surface area contributed by atoms with Crippen molar-refractivity contribution in [2.24, 2.45) is 0 Å². The third kappa shape index (κ3) is 2.19. The van der Waals surface area contributed by atoms with Gasteiger partial charge in [-0.05, 0) is 11.6 Å². The molecule has 0 saturated heterocycles. The zero-order valence-electron chi connectivity index (χ0n) is 9.58. The molecule has 0 bridgehead atoms. The van der Waals surface area contributed by atoms with Crippen molar-refractivity contribution in [3.8, 4) is 11.1 Å². The zero-order valence-corrected chi connectivity index (χ0v) is 11.2. The summed E-state index contributed by atoms with van der Waals surface area (Å²) in [6, 6.07) is 3.22. The number of halogens is 7. The fourth-order valence-electron chi connectivity index (χ4n) is 1.77. The lowest BCUT2D eigenvalue weighted by Gasteiger charge is -2.12. The van der Waals surface area contributed by atoms with Gasteiger partial charge >= 0.3 is 0 Å². The van der Waals surface area contributed by atoms with Gasteiger partial charge < -0.3 is 0 Å². The van der Waals surface area contributed by atoms with Gasteiger partial charge in [0, 0.05) is 10.9 Å². The molecule has 0 aliphatic rings. The van der Waals surface area contributed by atoms with E-state index in [-0.39, 0.29) is 10.9 Å². The van der Waals surface area contributed by atoms with Crippen molar-refractivity contribution in [1.82, 2.24) is 0 Å². The highest BCUT2D eigenvalue weighted by Gasteiger charge is 2.28. The maximum atomic E-state index is 13.7. The maximum Gasteiger partial charge on any atom is 0.200 e. The summed E-state index contributed by atoms with van der Waals surface area (Å²) in [5.74, 6) is -11.2. The summed E-state index contributed by atoms with van der Waals surface area (Å²) < 4.78 is 80.2. The second kappa shape index (κ2) is 5.47. The standard InChI is InChI=1S/C13H5BrF6/c14-4-6-5(2-1-3-7(6)15)8-9(16)11(18)13(20)12(19)10(8)17/h1-3H,4H2. The third-order valence-electron chi connectivity index (χ3n) is 2.73. The number of hydrogen-bond donors (Lipinski definition) is 0. The lowest BCUT2D eigenvalue weighted by atomic mass is 9.98. The molecule has 20 heavy (non-hydrogen) atoms. The Bertz CT molecular complexity index is 654. The average molecular weight is 355 g/mol. The molecule has 2 rings (SSSR count). The normalized spacial score (nSPS) is 10.9. The molecule has 0 N–H and O–H groups in total. The van der Waals surface area contributed by atoms with E-state index in [9.17, 15) is 26.3 Å². The van der Waals surface area contributed by atoms with Gasteiger partial charge in [-0.2, -0.15) is 0 Å². The topological polar surface area (TPSA) is 0 Å². The van der Waals surface area contributed by atoms with Gasteiger partial charge in [-0.25, -0.2) is 26.3 Å². The zero-order chi connectivity index (χ0) is 15.0. The van der Waals surface area contributed by atoms with E-state index >= 15 is 0 Å². The number of rotatable bonds is 2. The number of benzene rings is 2. The van der Waals surface area contributed by atoms with Crippen molar-refractivity contribution in [3.63, 3.8) is 0 Å². The summed E-state index contributed by atoms with van der Waals surface area (Å²) >= 11 is 2.91.